The quantitative estimate of drug-likeness (QED) is 0.817. The molecule has 2 heterocycles. The number of methoxy groups -OCH3 is 1. The summed E-state index contributed by atoms with van der Waals surface area (Å²) in [4.78, 5) is 3.47. The summed E-state index contributed by atoms with van der Waals surface area (Å²) in [7, 11) is 1.69. The molecule has 0 unspecified atom stereocenters. The SMILES string of the molecule is COc1ccc(Cl)c2c3c([nH]c12)CCCNC3. The van der Waals surface area contributed by atoms with Gasteiger partial charge in [0.2, 0.25) is 0 Å². The van der Waals surface area contributed by atoms with Crippen LogP contribution in [0, 0.1) is 0 Å². The molecule has 0 saturated carbocycles. The van der Waals surface area contributed by atoms with Gasteiger partial charge in [-0.05, 0) is 37.1 Å². The van der Waals surface area contributed by atoms with Crippen molar-refractivity contribution in [2.24, 2.45) is 0 Å². The summed E-state index contributed by atoms with van der Waals surface area (Å²) in [5.74, 6) is 0.859. The number of fused-ring (bicyclic) bond motifs is 3. The molecule has 4 heteroatoms. The summed E-state index contributed by atoms with van der Waals surface area (Å²) >= 11 is 6.31. The molecule has 0 fully saturated rings. The third-order valence-corrected chi connectivity index (χ3v) is 3.68. The van der Waals surface area contributed by atoms with E-state index in [1.807, 2.05) is 12.1 Å². The minimum atomic E-state index is 0.794. The Morgan fingerprint density at radius 1 is 1.35 bits per heavy atom. The maximum atomic E-state index is 6.31. The van der Waals surface area contributed by atoms with E-state index in [2.05, 4.69) is 10.3 Å². The van der Waals surface area contributed by atoms with Gasteiger partial charge in [0.1, 0.15) is 5.75 Å². The first kappa shape index (κ1) is 10.9. The molecule has 1 aliphatic rings. The zero-order valence-electron chi connectivity index (χ0n) is 9.77. The zero-order chi connectivity index (χ0) is 11.8. The van der Waals surface area contributed by atoms with Gasteiger partial charge >= 0.3 is 0 Å². The predicted octanol–water partition coefficient (Wildman–Crippen LogP) is 2.87. The first-order valence-electron chi connectivity index (χ1n) is 5.88. The van der Waals surface area contributed by atoms with Crippen molar-refractivity contribution in [2.45, 2.75) is 19.4 Å². The fourth-order valence-electron chi connectivity index (χ4n) is 2.54. The largest absolute Gasteiger partial charge is 0.495 e. The molecule has 2 aromatic rings. The molecule has 1 aromatic carbocycles. The molecule has 0 amide bonds. The van der Waals surface area contributed by atoms with Crippen molar-refractivity contribution in [3.8, 4) is 5.75 Å². The molecule has 0 aliphatic carbocycles. The Morgan fingerprint density at radius 3 is 3.06 bits per heavy atom. The number of aromatic nitrogens is 1. The Labute approximate surface area is 105 Å². The van der Waals surface area contributed by atoms with Crippen LogP contribution in [0.25, 0.3) is 10.9 Å². The van der Waals surface area contributed by atoms with Gasteiger partial charge in [-0.3, -0.25) is 0 Å². The molecule has 90 valence electrons. The lowest BCUT2D eigenvalue weighted by Gasteiger charge is -2.04. The van der Waals surface area contributed by atoms with Crippen molar-refractivity contribution in [3.63, 3.8) is 0 Å². The topological polar surface area (TPSA) is 37.0 Å². The molecule has 0 atom stereocenters. The molecule has 2 N–H and O–H groups in total. The van der Waals surface area contributed by atoms with Crippen molar-refractivity contribution in [1.29, 1.82) is 0 Å². The number of aromatic amines is 1. The average molecular weight is 251 g/mol. The number of aryl methyl sites for hydroxylation is 1. The lowest BCUT2D eigenvalue weighted by atomic mass is 10.1. The molecule has 1 aromatic heterocycles. The van der Waals surface area contributed by atoms with E-state index in [9.17, 15) is 0 Å². The van der Waals surface area contributed by atoms with E-state index < -0.39 is 0 Å². The molecular formula is C13H15ClN2O. The number of nitrogens with one attached hydrogen (secondary N) is 2. The van der Waals surface area contributed by atoms with Crippen LogP contribution < -0.4 is 10.1 Å². The second-order valence-electron chi connectivity index (χ2n) is 4.36. The number of rotatable bonds is 1. The van der Waals surface area contributed by atoms with Crippen LogP contribution in [0.15, 0.2) is 12.1 Å². The van der Waals surface area contributed by atoms with E-state index in [1.54, 1.807) is 7.11 Å². The van der Waals surface area contributed by atoms with Gasteiger partial charge in [0.15, 0.2) is 0 Å². The van der Waals surface area contributed by atoms with Crippen molar-refractivity contribution in [2.75, 3.05) is 13.7 Å². The smallest absolute Gasteiger partial charge is 0.143 e. The summed E-state index contributed by atoms with van der Waals surface area (Å²) in [6, 6.07) is 3.82. The van der Waals surface area contributed by atoms with Crippen LogP contribution in [-0.2, 0) is 13.0 Å². The maximum Gasteiger partial charge on any atom is 0.143 e. The fourth-order valence-corrected chi connectivity index (χ4v) is 2.81. The highest BCUT2D eigenvalue weighted by molar-refractivity contribution is 6.36. The Hall–Kier alpha value is -1.19. The number of hydrogen-bond acceptors (Lipinski definition) is 2. The Balaban J connectivity index is 2.30. The molecule has 3 rings (SSSR count). The van der Waals surface area contributed by atoms with Crippen molar-refractivity contribution < 1.29 is 4.74 Å². The third-order valence-electron chi connectivity index (χ3n) is 3.36. The summed E-state index contributed by atoms with van der Waals surface area (Å²) in [6.45, 7) is 1.94. The molecule has 3 nitrogen and oxygen atoms in total. The van der Waals surface area contributed by atoms with Crippen molar-refractivity contribution in [1.82, 2.24) is 10.3 Å². The summed E-state index contributed by atoms with van der Waals surface area (Å²) in [6.07, 6.45) is 2.22. The third kappa shape index (κ3) is 1.70. The molecule has 0 radical (unpaired) electrons. The van der Waals surface area contributed by atoms with Gasteiger partial charge < -0.3 is 15.0 Å². The lowest BCUT2D eigenvalue weighted by Crippen LogP contribution is -2.11. The first-order chi connectivity index (χ1) is 8.31. The standard InChI is InChI=1S/C13H15ClN2O/c1-17-11-5-4-9(14)12-8-7-15-6-2-3-10(8)16-13(11)12/h4-5,15-16H,2-3,6-7H2,1H3. The number of halogens is 1. The molecular weight excluding hydrogens is 236 g/mol. The van der Waals surface area contributed by atoms with Crippen molar-refractivity contribution in [3.05, 3.63) is 28.4 Å². The Bertz CT molecular complexity index is 562. The number of hydrogen-bond donors (Lipinski definition) is 2. The number of H-pyrrole nitrogens is 1. The van der Waals surface area contributed by atoms with Gasteiger partial charge in [-0.25, -0.2) is 0 Å². The van der Waals surface area contributed by atoms with E-state index in [1.165, 1.54) is 11.3 Å². The molecule has 17 heavy (non-hydrogen) atoms. The van der Waals surface area contributed by atoms with E-state index in [0.717, 1.165) is 47.6 Å². The number of benzene rings is 1. The summed E-state index contributed by atoms with van der Waals surface area (Å²) < 4.78 is 5.38. The normalized spacial score (nSPS) is 15.6. The van der Waals surface area contributed by atoms with Crippen LogP contribution in [0.1, 0.15) is 17.7 Å². The minimum Gasteiger partial charge on any atom is -0.495 e. The van der Waals surface area contributed by atoms with Crippen molar-refractivity contribution >= 4 is 22.5 Å². The van der Waals surface area contributed by atoms with Gasteiger partial charge in [0.25, 0.3) is 0 Å². The van der Waals surface area contributed by atoms with Crippen LogP contribution in [0.2, 0.25) is 5.02 Å². The lowest BCUT2D eigenvalue weighted by molar-refractivity contribution is 0.419. The first-order valence-corrected chi connectivity index (χ1v) is 6.25. The fraction of sp³-hybridized carbons (Fsp3) is 0.385. The molecule has 0 saturated heterocycles. The predicted molar refractivity (Wildman–Crippen MR) is 69.9 cm³/mol. The molecule has 0 bridgehead atoms. The second-order valence-corrected chi connectivity index (χ2v) is 4.77. The highest BCUT2D eigenvalue weighted by Gasteiger charge is 2.18. The van der Waals surface area contributed by atoms with E-state index in [4.69, 9.17) is 16.3 Å². The van der Waals surface area contributed by atoms with Crippen LogP contribution >= 0.6 is 11.6 Å². The van der Waals surface area contributed by atoms with Crippen LogP contribution in [0.4, 0.5) is 0 Å². The van der Waals surface area contributed by atoms with Crippen LogP contribution in [0.5, 0.6) is 5.75 Å². The van der Waals surface area contributed by atoms with Gasteiger partial charge in [0, 0.05) is 17.6 Å². The van der Waals surface area contributed by atoms with E-state index in [0.29, 0.717) is 0 Å². The average Bonchev–Trinajstić information content (AvgIpc) is 2.55. The Morgan fingerprint density at radius 2 is 2.24 bits per heavy atom. The van der Waals surface area contributed by atoms with Gasteiger partial charge in [-0.15, -0.1) is 0 Å². The van der Waals surface area contributed by atoms with Crippen LogP contribution in [-0.4, -0.2) is 18.6 Å². The van der Waals surface area contributed by atoms with Gasteiger partial charge in [-0.1, -0.05) is 11.6 Å². The summed E-state index contributed by atoms with van der Waals surface area (Å²) in [5.41, 5.74) is 3.60. The zero-order valence-corrected chi connectivity index (χ0v) is 10.5. The second kappa shape index (κ2) is 4.24. The molecule has 0 spiro atoms. The monoisotopic (exact) mass is 250 g/mol. The van der Waals surface area contributed by atoms with E-state index >= 15 is 0 Å². The maximum absolute atomic E-state index is 6.31. The number of ether oxygens (including phenoxy) is 1. The highest BCUT2D eigenvalue weighted by Crippen LogP contribution is 2.36. The summed E-state index contributed by atoms with van der Waals surface area (Å²) in [5, 5.41) is 5.33. The van der Waals surface area contributed by atoms with Gasteiger partial charge in [-0.2, -0.15) is 0 Å². The molecule has 1 aliphatic heterocycles. The highest BCUT2D eigenvalue weighted by atomic mass is 35.5. The van der Waals surface area contributed by atoms with E-state index in [-0.39, 0.29) is 0 Å². The Kier molecular flexibility index (Phi) is 2.73. The van der Waals surface area contributed by atoms with Gasteiger partial charge in [0.05, 0.1) is 17.6 Å². The van der Waals surface area contributed by atoms with Crippen LogP contribution in [0.3, 0.4) is 0 Å². The minimum absolute atomic E-state index is 0.794.